The molecule has 0 amide bonds. The fraction of sp³-hybridized carbons (Fsp3) is 0.741. The highest BCUT2D eigenvalue weighted by atomic mass is 15.1. The maximum atomic E-state index is 2.58. The normalized spacial score (nSPS) is 14.4. The first-order valence-corrected chi connectivity index (χ1v) is 25.2. The lowest BCUT2D eigenvalue weighted by molar-refractivity contribution is 0.348. The van der Waals surface area contributed by atoms with Crippen LogP contribution in [-0.2, 0) is 0 Å². The largest absolute Gasteiger partial charge is 0.353 e. The molecule has 2 aromatic rings. The Morgan fingerprint density at radius 1 is 0.304 bits per heavy atom. The summed E-state index contributed by atoms with van der Waals surface area (Å²) in [6.45, 7) is 11.6. The van der Waals surface area contributed by atoms with E-state index in [-0.39, 0.29) is 0 Å². The molecule has 2 aliphatic heterocycles. The summed E-state index contributed by atoms with van der Waals surface area (Å²) in [5.41, 5.74) is 0. The van der Waals surface area contributed by atoms with E-state index in [9.17, 15) is 0 Å². The molecule has 0 radical (unpaired) electrons. The Labute approximate surface area is 347 Å². The molecule has 0 spiro atoms. The zero-order valence-corrected chi connectivity index (χ0v) is 37.7. The van der Waals surface area contributed by atoms with Crippen LogP contribution in [0.5, 0.6) is 0 Å². The summed E-state index contributed by atoms with van der Waals surface area (Å²) in [6.07, 6.45) is 55.0. The lowest BCUT2D eigenvalue weighted by atomic mass is 9.92. The summed E-state index contributed by atoms with van der Waals surface area (Å²) in [7, 11) is 0. The van der Waals surface area contributed by atoms with Crippen LogP contribution in [0.25, 0.3) is 35.6 Å². The van der Waals surface area contributed by atoms with Crippen LogP contribution in [-0.4, -0.2) is 22.9 Å². The van der Waals surface area contributed by atoms with Crippen LogP contribution in [0, 0.1) is 11.8 Å². The summed E-state index contributed by atoms with van der Waals surface area (Å²) in [5, 5.41) is 8.61. The first kappa shape index (κ1) is 46.5. The van der Waals surface area contributed by atoms with Gasteiger partial charge in [-0.1, -0.05) is 232 Å². The van der Waals surface area contributed by atoms with Gasteiger partial charge in [-0.25, -0.2) is 0 Å². The molecule has 0 aromatic heterocycles. The van der Waals surface area contributed by atoms with Crippen molar-refractivity contribution in [3.8, 4) is 0 Å². The average molecular weight is 767 g/mol. The number of unbranched alkanes of at least 4 members (excludes halogenated alkanes) is 24. The van der Waals surface area contributed by atoms with Crippen LogP contribution in [0.4, 0.5) is 0 Å². The van der Waals surface area contributed by atoms with E-state index in [2.05, 4.69) is 86.6 Å². The van der Waals surface area contributed by atoms with Crippen molar-refractivity contribution in [2.24, 2.45) is 11.8 Å². The standard InChI is InChI=1S/C54H90N2/c1-5-9-13-17-21-23-27-31-35-47(33-29-25-19-15-11-7-3)41-55-43-49-37-39-51-45-56(46-52-40-38-50(44-55)53(49)54(51)52)42-48(34-30-26-20-16-12-8-4)36-32-28-24-22-18-14-10-6-2/h37-40,43-48H,5-36,41-42H2,1-4H3. The molecule has 2 unspecified atom stereocenters. The van der Waals surface area contributed by atoms with E-state index >= 15 is 0 Å². The van der Waals surface area contributed by atoms with Gasteiger partial charge in [-0.05, 0) is 58.4 Å². The lowest BCUT2D eigenvalue weighted by Crippen LogP contribution is -2.36. The molecule has 316 valence electrons. The second-order valence-electron chi connectivity index (χ2n) is 18.5. The maximum Gasteiger partial charge on any atom is 0.0248 e. The van der Waals surface area contributed by atoms with Crippen LogP contribution in [0.15, 0.2) is 24.3 Å². The van der Waals surface area contributed by atoms with Gasteiger partial charge in [0.1, 0.15) is 0 Å². The van der Waals surface area contributed by atoms with Crippen molar-refractivity contribution in [1.29, 1.82) is 0 Å². The van der Waals surface area contributed by atoms with Crippen molar-refractivity contribution in [1.82, 2.24) is 9.80 Å². The summed E-state index contributed by atoms with van der Waals surface area (Å²) in [5.74, 6) is 1.57. The molecule has 0 saturated heterocycles. The molecule has 0 saturated carbocycles. The average Bonchev–Trinajstić information content (AvgIpc) is 3.21. The van der Waals surface area contributed by atoms with Crippen LogP contribution < -0.4 is 20.9 Å². The van der Waals surface area contributed by atoms with Gasteiger partial charge in [-0.2, -0.15) is 0 Å². The van der Waals surface area contributed by atoms with Gasteiger partial charge < -0.3 is 9.80 Å². The maximum absolute atomic E-state index is 2.58. The van der Waals surface area contributed by atoms with E-state index in [1.807, 2.05) is 0 Å². The molecule has 0 N–H and O–H groups in total. The Bertz CT molecular complexity index is 1370. The smallest absolute Gasteiger partial charge is 0.0248 e. The molecule has 2 aliphatic rings. The van der Waals surface area contributed by atoms with Crippen LogP contribution in [0.3, 0.4) is 0 Å². The molecule has 56 heavy (non-hydrogen) atoms. The topological polar surface area (TPSA) is 6.48 Å². The SMILES string of the molecule is CCCCCCCCCCC(CCCCCCCC)CN1C=c2ccc3c4c(ccc(c24)=C1)=CN(CC(CCCCCCCC)CCCCCCCCCC)C=3. The van der Waals surface area contributed by atoms with Crippen molar-refractivity contribution in [3.63, 3.8) is 0 Å². The number of benzene rings is 2. The van der Waals surface area contributed by atoms with Crippen molar-refractivity contribution >= 4 is 35.6 Å². The van der Waals surface area contributed by atoms with Gasteiger partial charge in [0.15, 0.2) is 0 Å². The summed E-state index contributed by atoms with van der Waals surface area (Å²) in [6, 6.07) is 9.72. The highest BCUT2D eigenvalue weighted by Gasteiger charge is 2.17. The first-order chi connectivity index (χ1) is 27.7. The number of rotatable bonds is 36. The highest BCUT2D eigenvalue weighted by molar-refractivity contribution is 5.89. The van der Waals surface area contributed by atoms with Crippen molar-refractivity contribution in [2.75, 3.05) is 13.1 Å². The third-order valence-corrected chi connectivity index (χ3v) is 13.3. The zero-order chi connectivity index (χ0) is 39.5. The van der Waals surface area contributed by atoms with Gasteiger partial charge in [0.25, 0.3) is 0 Å². The molecule has 0 aliphatic carbocycles. The third kappa shape index (κ3) is 17.3. The highest BCUT2D eigenvalue weighted by Crippen LogP contribution is 2.24. The van der Waals surface area contributed by atoms with Crippen LogP contribution in [0.1, 0.15) is 233 Å². The van der Waals surface area contributed by atoms with E-state index < -0.39 is 0 Å². The van der Waals surface area contributed by atoms with Gasteiger partial charge in [0, 0.05) is 48.7 Å². The summed E-state index contributed by atoms with van der Waals surface area (Å²) < 4.78 is 0. The molecule has 2 nitrogen and oxygen atoms in total. The second-order valence-corrected chi connectivity index (χ2v) is 18.5. The van der Waals surface area contributed by atoms with E-state index in [1.54, 1.807) is 0 Å². The van der Waals surface area contributed by atoms with Crippen molar-refractivity contribution in [3.05, 3.63) is 45.1 Å². The fourth-order valence-corrected chi connectivity index (χ4v) is 9.84. The molecule has 2 atom stereocenters. The van der Waals surface area contributed by atoms with Gasteiger partial charge in [0.2, 0.25) is 0 Å². The molecule has 4 rings (SSSR count). The molecule has 2 aromatic carbocycles. The third-order valence-electron chi connectivity index (χ3n) is 13.3. The fourth-order valence-electron chi connectivity index (χ4n) is 9.84. The monoisotopic (exact) mass is 767 g/mol. The minimum absolute atomic E-state index is 0.786. The zero-order valence-electron chi connectivity index (χ0n) is 37.7. The molecule has 0 bridgehead atoms. The number of hydrogen-bond acceptors (Lipinski definition) is 2. The second kappa shape index (κ2) is 29.1. The Morgan fingerprint density at radius 3 is 0.750 bits per heavy atom. The number of nitrogens with zero attached hydrogens (tertiary/aromatic N) is 2. The molecule has 0 fully saturated rings. The van der Waals surface area contributed by atoms with Gasteiger partial charge in [-0.15, -0.1) is 0 Å². The quantitative estimate of drug-likeness (QED) is 0.0637. The van der Waals surface area contributed by atoms with E-state index in [4.69, 9.17) is 0 Å². The van der Waals surface area contributed by atoms with Gasteiger partial charge in [0.05, 0.1) is 0 Å². The number of hydrogen-bond donors (Lipinski definition) is 0. The Morgan fingerprint density at radius 2 is 0.518 bits per heavy atom. The Hall–Kier alpha value is -2.22. The van der Waals surface area contributed by atoms with E-state index in [0.717, 1.165) is 11.8 Å². The van der Waals surface area contributed by atoms with E-state index in [1.165, 1.54) is 250 Å². The van der Waals surface area contributed by atoms with E-state index in [0.29, 0.717) is 0 Å². The Kier molecular flexibility index (Phi) is 24.1. The van der Waals surface area contributed by atoms with Crippen molar-refractivity contribution < 1.29 is 0 Å². The Balaban J connectivity index is 1.39. The van der Waals surface area contributed by atoms with Crippen molar-refractivity contribution in [2.45, 2.75) is 233 Å². The molecular formula is C54H90N2. The summed E-state index contributed by atoms with van der Waals surface area (Å²) in [4.78, 5) is 5.15. The molecule has 2 heteroatoms. The minimum Gasteiger partial charge on any atom is -0.353 e. The predicted molar refractivity (Wildman–Crippen MR) is 251 cm³/mol. The molecular weight excluding hydrogens is 677 g/mol. The van der Waals surface area contributed by atoms with Crippen LogP contribution in [0.2, 0.25) is 0 Å². The lowest BCUT2D eigenvalue weighted by Gasteiger charge is -2.28. The van der Waals surface area contributed by atoms with Crippen LogP contribution >= 0.6 is 0 Å². The summed E-state index contributed by atoms with van der Waals surface area (Å²) >= 11 is 0. The first-order valence-electron chi connectivity index (χ1n) is 25.2. The van der Waals surface area contributed by atoms with Gasteiger partial charge in [-0.3, -0.25) is 0 Å². The minimum atomic E-state index is 0.786. The predicted octanol–water partition coefficient (Wildman–Crippen LogP) is 14.2. The van der Waals surface area contributed by atoms with Gasteiger partial charge >= 0.3 is 0 Å². The molecule has 2 heterocycles.